The summed E-state index contributed by atoms with van der Waals surface area (Å²) >= 11 is 0. The lowest BCUT2D eigenvalue weighted by Gasteiger charge is -2.15. The normalized spacial score (nSPS) is 10.1. The van der Waals surface area contributed by atoms with E-state index in [0.29, 0.717) is 22.9 Å². The van der Waals surface area contributed by atoms with Crippen molar-refractivity contribution in [3.63, 3.8) is 0 Å². The lowest BCUT2D eigenvalue weighted by atomic mass is 10.1. The van der Waals surface area contributed by atoms with E-state index in [2.05, 4.69) is 5.32 Å². The number of aryl methyl sites for hydroxylation is 1. The van der Waals surface area contributed by atoms with E-state index in [0.717, 1.165) is 11.1 Å². The highest BCUT2D eigenvalue weighted by atomic mass is 16.5. The summed E-state index contributed by atoms with van der Waals surface area (Å²) in [6, 6.07) is 11.1. The molecule has 0 aliphatic rings. The summed E-state index contributed by atoms with van der Waals surface area (Å²) < 4.78 is 16.1. The van der Waals surface area contributed by atoms with E-state index in [-0.39, 0.29) is 12.5 Å². The first-order valence-corrected chi connectivity index (χ1v) is 7.26. The van der Waals surface area contributed by atoms with Crippen LogP contribution < -0.4 is 19.5 Å². The van der Waals surface area contributed by atoms with Crippen LogP contribution in [0, 0.1) is 13.8 Å². The van der Waals surface area contributed by atoms with Gasteiger partial charge in [-0.1, -0.05) is 17.7 Å². The van der Waals surface area contributed by atoms with Crippen molar-refractivity contribution in [3.8, 4) is 17.2 Å². The van der Waals surface area contributed by atoms with Crippen molar-refractivity contribution in [3.05, 3.63) is 47.5 Å². The Kier molecular flexibility index (Phi) is 5.46. The summed E-state index contributed by atoms with van der Waals surface area (Å²) in [6.45, 7) is 3.79. The van der Waals surface area contributed by atoms with E-state index < -0.39 is 0 Å². The van der Waals surface area contributed by atoms with Gasteiger partial charge in [0.15, 0.2) is 6.61 Å². The summed E-state index contributed by atoms with van der Waals surface area (Å²) in [5, 5.41) is 2.79. The Labute approximate surface area is 136 Å². The molecule has 0 radical (unpaired) electrons. The van der Waals surface area contributed by atoms with Crippen LogP contribution in [0.4, 0.5) is 5.69 Å². The van der Waals surface area contributed by atoms with E-state index in [1.165, 1.54) is 0 Å². The Bertz CT molecular complexity index is 680. The van der Waals surface area contributed by atoms with Crippen molar-refractivity contribution in [1.29, 1.82) is 0 Å². The largest absolute Gasteiger partial charge is 0.496 e. The second kappa shape index (κ2) is 7.54. The van der Waals surface area contributed by atoms with E-state index in [1.54, 1.807) is 26.4 Å². The molecule has 2 aromatic carbocycles. The van der Waals surface area contributed by atoms with Crippen molar-refractivity contribution in [2.45, 2.75) is 13.8 Å². The summed E-state index contributed by atoms with van der Waals surface area (Å²) in [5.41, 5.74) is 2.55. The highest BCUT2D eigenvalue weighted by Crippen LogP contribution is 2.34. The second-order valence-corrected chi connectivity index (χ2v) is 5.12. The molecule has 23 heavy (non-hydrogen) atoms. The lowest BCUT2D eigenvalue weighted by molar-refractivity contribution is -0.118. The van der Waals surface area contributed by atoms with Crippen LogP contribution in [-0.2, 0) is 4.79 Å². The molecule has 0 spiro atoms. The van der Waals surface area contributed by atoms with Crippen molar-refractivity contribution in [2.24, 2.45) is 0 Å². The number of hydrogen-bond donors (Lipinski definition) is 1. The molecule has 2 aromatic rings. The number of rotatable bonds is 6. The summed E-state index contributed by atoms with van der Waals surface area (Å²) in [4.78, 5) is 12.1. The first-order valence-electron chi connectivity index (χ1n) is 7.26. The third kappa shape index (κ3) is 4.16. The molecular weight excluding hydrogens is 294 g/mol. The molecule has 0 unspecified atom stereocenters. The van der Waals surface area contributed by atoms with Gasteiger partial charge in [0.05, 0.1) is 19.9 Å². The maximum Gasteiger partial charge on any atom is 0.262 e. The zero-order valence-corrected chi connectivity index (χ0v) is 13.8. The number of benzene rings is 2. The van der Waals surface area contributed by atoms with Crippen LogP contribution in [0.1, 0.15) is 11.1 Å². The number of anilines is 1. The molecule has 0 atom stereocenters. The predicted octanol–water partition coefficient (Wildman–Crippen LogP) is 3.34. The topological polar surface area (TPSA) is 56.8 Å². The molecular formula is C18H21NO4. The summed E-state index contributed by atoms with van der Waals surface area (Å²) in [6.07, 6.45) is 0. The first-order chi connectivity index (χ1) is 11.0. The van der Waals surface area contributed by atoms with Gasteiger partial charge >= 0.3 is 0 Å². The fraction of sp³-hybridized carbons (Fsp3) is 0.278. The minimum Gasteiger partial charge on any atom is -0.496 e. The number of carbonyl (C=O) groups is 1. The number of ether oxygens (including phenoxy) is 3. The molecule has 2 rings (SSSR count). The number of nitrogens with one attached hydrogen (secondary N) is 1. The number of amides is 1. The smallest absolute Gasteiger partial charge is 0.262 e. The predicted molar refractivity (Wildman–Crippen MR) is 89.6 cm³/mol. The molecule has 1 N–H and O–H groups in total. The molecule has 0 fully saturated rings. The monoisotopic (exact) mass is 315 g/mol. The fourth-order valence-electron chi connectivity index (χ4n) is 2.23. The van der Waals surface area contributed by atoms with Crippen LogP contribution >= 0.6 is 0 Å². The quantitative estimate of drug-likeness (QED) is 0.888. The van der Waals surface area contributed by atoms with Crippen molar-refractivity contribution in [2.75, 3.05) is 26.1 Å². The zero-order valence-electron chi connectivity index (χ0n) is 13.8. The first kappa shape index (κ1) is 16.7. The van der Waals surface area contributed by atoms with Crippen LogP contribution in [0.25, 0.3) is 0 Å². The molecule has 0 saturated carbocycles. The number of carbonyl (C=O) groups excluding carboxylic acids is 1. The zero-order chi connectivity index (χ0) is 16.8. The summed E-state index contributed by atoms with van der Waals surface area (Å²) in [5.74, 6) is 1.68. The Hall–Kier alpha value is -2.69. The molecule has 5 heteroatoms. The SMILES string of the molecule is COc1ccc(NC(=O)COc2ccc(C)cc2)c(OC)c1C. The molecule has 0 aromatic heterocycles. The van der Waals surface area contributed by atoms with Crippen LogP contribution in [0.15, 0.2) is 36.4 Å². The van der Waals surface area contributed by atoms with Gasteiger partial charge in [0, 0.05) is 5.56 Å². The molecule has 122 valence electrons. The highest BCUT2D eigenvalue weighted by molar-refractivity contribution is 5.93. The molecule has 5 nitrogen and oxygen atoms in total. The van der Waals surface area contributed by atoms with Gasteiger partial charge in [0.2, 0.25) is 0 Å². The van der Waals surface area contributed by atoms with Crippen molar-refractivity contribution >= 4 is 11.6 Å². The van der Waals surface area contributed by atoms with E-state index in [1.807, 2.05) is 38.1 Å². The molecule has 0 saturated heterocycles. The van der Waals surface area contributed by atoms with Gasteiger partial charge in [-0.2, -0.15) is 0 Å². The van der Waals surface area contributed by atoms with Gasteiger partial charge in [-0.3, -0.25) is 4.79 Å². The molecule has 0 aliphatic heterocycles. The van der Waals surface area contributed by atoms with Crippen LogP contribution in [-0.4, -0.2) is 26.7 Å². The molecule has 0 heterocycles. The van der Waals surface area contributed by atoms with Crippen LogP contribution in [0.3, 0.4) is 0 Å². The lowest BCUT2D eigenvalue weighted by Crippen LogP contribution is -2.20. The number of hydrogen-bond acceptors (Lipinski definition) is 4. The third-order valence-electron chi connectivity index (χ3n) is 3.45. The minimum atomic E-state index is -0.256. The maximum atomic E-state index is 12.1. The van der Waals surface area contributed by atoms with Gasteiger partial charge in [-0.05, 0) is 38.1 Å². The average Bonchev–Trinajstić information content (AvgIpc) is 2.55. The molecule has 0 aliphatic carbocycles. The fourth-order valence-corrected chi connectivity index (χ4v) is 2.23. The van der Waals surface area contributed by atoms with Gasteiger partial charge in [-0.15, -0.1) is 0 Å². The van der Waals surface area contributed by atoms with Crippen LogP contribution in [0.5, 0.6) is 17.2 Å². The standard InChI is InChI=1S/C18H21NO4/c1-12-5-7-14(8-6-12)23-11-17(20)19-15-9-10-16(21-3)13(2)18(15)22-4/h5-10H,11H2,1-4H3,(H,19,20). The van der Waals surface area contributed by atoms with E-state index >= 15 is 0 Å². The van der Waals surface area contributed by atoms with Gasteiger partial charge in [0.25, 0.3) is 5.91 Å². The Morgan fingerprint density at radius 1 is 1.00 bits per heavy atom. The Morgan fingerprint density at radius 2 is 1.70 bits per heavy atom. The summed E-state index contributed by atoms with van der Waals surface area (Å²) in [7, 11) is 3.15. The number of methoxy groups -OCH3 is 2. The molecule has 1 amide bonds. The maximum absolute atomic E-state index is 12.1. The van der Waals surface area contributed by atoms with Crippen molar-refractivity contribution < 1.29 is 19.0 Å². The molecule has 0 bridgehead atoms. The third-order valence-corrected chi connectivity index (χ3v) is 3.45. The van der Waals surface area contributed by atoms with Gasteiger partial charge < -0.3 is 19.5 Å². The highest BCUT2D eigenvalue weighted by Gasteiger charge is 2.13. The Balaban J connectivity index is 2.02. The van der Waals surface area contributed by atoms with Gasteiger partial charge in [0.1, 0.15) is 17.2 Å². The van der Waals surface area contributed by atoms with Crippen molar-refractivity contribution in [1.82, 2.24) is 0 Å². The van der Waals surface area contributed by atoms with Crippen LogP contribution in [0.2, 0.25) is 0 Å². The minimum absolute atomic E-state index is 0.0721. The van der Waals surface area contributed by atoms with E-state index in [9.17, 15) is 4.79 Å². The van der Waals surface area contributed by atoms with E-state index in [4.69, 9.17) is 14.2 Å². The average molecular weight is 315 g/mol. The Morgan fingerprint density at radius 3 is 2.30 bits per heavy atom. The second-order valence-electron chi connectivity index (χ2n) is 5.12. The van der Waals surface area contributed by atoms with Gasteiger partial charge in [-0.25, -0.2) is 0 Å².